The van der Waals surface area contributed by atoms with Crippen molar-refractivity contribution in [3.05, 3.63) is 16.7 Å². The van der Waals surface area contributed by atoms with E-state index in [-0.39, 0.29) is 111 Å². The number of fused-ring (bicyclic) bond motifs is 1. The number of imidazole rings is 1. The molecule has 27 heteroatoms. The zero-order valence-corrected chi connectivity index (χ0v) is 23.6. The molecule has 6 atom stereocenters. The number of nitrogens with zero attached hydrogens (tertiary/aromatic N) is 3. The third kappa shape index (κ3) is 11.6. The summed E-state index contributed by atoms with van der Waals surface area (Å²) in [7, 11) is -11.7. The SMILES string of the molecule is Nc1nc2c(ncn2C2OC(COP(=O)([O-])OP(=O)([O-])OP([O-])([O-])=S)C(O)C2O)c(=O)[nH]1.[Li+].[Li+].[Li+].[Li+].[Li+]. The molecule has 1 fully saturated rings. The van der Waals surface area contributed by atoms with E-state index in [0.29, 0.717) is 0 Å². The summed E-state index contributed by atoms with van der Waals surface area (Å²) >= 11 is 3.67. The molecule has 1 aliphatic heterocycles. The van der Waals surface area contributed by atoms with Crippen LogP contribution in [0.3, 0.4) is 0 Å². The quantitative estimate of drug-likeness (QED) is 0.169. The van der Waals surface area contributed by atoms with Crippen LogP contribution < -0.4 is 125 Å². The third-order valence-electron chi connectivity index (χ3n) is 3.86. The summed E-state index contributed by atoms with van der Waals surface area (Å²) in [6.07, 6.45) is -5.46. The topological polar surface area (TPSA) is 293 Å². The molecule has 180 valence electrons. The van der Waals surface area contributed by atoms with Gasteiger partial charge in [-0.05, 0) is 0 Å². The largest absolute Gasteiger partial charge is 1.00 e. The second-order valence-corrected chi connectivity index (χ2v) is 11.7. The first-order valence-electron chi connectivity index (χ1n) is 8.04. The van der Waals surface area contributed by atoms with Crippen LogP contribution in [0.5, 0.6) is 0 Å². The normalized spacial score (nSPS) is 24.2. The van der Waals surface area contributed by atoms with E-state index < -0.39 is 59.1 Å². The van der Waals surface area contributed by atoms with Gasteiger partial charge in [0.15, 0.2) is 17.4 Å². The van der Waals surface area contributed by atoms with E-state index in [9.17, 15) is 43.7 Å². The molecule has 0 radical (unpaired) electrons. The average molecular weight is 570 g/mol. The van der Waals surface area contributed by atoms with Crippen LogP contribution in [0, 0.1) is 0 Å². The number of nitrogens with two attached hydrogens (primary N) is 1. The molecule has 37 heavy (non-hydrogen) atoms. The van der Waals surface area contributed by atoms with Gasteiger partial charge >= 0.3 is 94.3 Å². The molecule has 1 aliphatic rings. The Hall–Kier alpha value is 1.85. The van der Waals surface area contributed by atoms with Crippen LogP contribution in [-0.4, -0.2) is 54.7 Å². The smallest absolute Gasteiger partial charge is 0.812 e. The zero-order valence-electron chi connectivity index (χ0n) is 20.1. The number of nitrogens with one attached hydrogen (secondary N) is 1. The van der Waals surface area contributed by atoms with Gasteiger partial charge in [-0.3, -0.25) is 23.5 Å². The summed E-state index contributed by atoms with van der Waals surface area (Å²) in [6, 6.07) is 0. The molecular weight excluding hydrogens is 558 g/mol. The number of phosphoric acid groups is 2. The molecule has 1 saturated heterocycles. The van der Waals surface area contributed by atoms with E-state index in [0.717, 1.165) is 10.9 Å². The summed E-state index contributed by atoms with van der Waals surface area (Å²) in [5, 5.41) is 20.4. The molecule has 5 N–H and O–H groups in total. The Morgan fingerprint density at radius 3 is 2.19 bits per heavy atom. The van der Waals surface area contributed by atoms with Crippen LogP contribution >= 0.6 is 22.4 Å². The number of anilines is 1. The number of H-pyrrole nitrogens is 1. The third-order valence-corrected chi connectivity index (χ3v) is 8.12. The number of nitrogen functional groups attached to an aromatic ring is 1. The molecule has 3 heterocycles. The van der Waals surface area contributed by atoms with Crippen molar-refractivity contribution in [1.29, 1.82) is 0 Å². The molecule has 3 rings (SSSR count). The van der Waals surface area contributed by atoms with E-state index in [2.05, 4.69) is 39.9 Å². The minimum absolute atomic E-state index is 0. The Bertz CT molecular complexity index is 1230. The van der Waals surface area contributed by atoms with Gasteiger partial charge in [0, 0.05) is 0 Å². The number of aromatic amines is 1. The van der Waals surface area contributed by atoms with Gasteiger partial charge in [0.2, 0.25) is 5.95 Å². The molecule has 0 aromatic carbocycles. The fourth-order valence-electron chi connectivity index (χ4n) is 2.67. The van der Waals surface area contributed by atoms with Crippen molar-refractivity contribution >= 4 is 51.3 Å². The van der Waals surface area contributed by atoms with Gasteiger partial charge in [0.25, 0.3) is 21.2 Å². The average Bonchev–Trinajstić information content (AvgIpc) is 3.12. The van der Waals surface area contributed by atoms with Gasteiger partial charge in [-0.2, -0.15) is 4.98 Å². The van der Waals surface area contributed by atoms with E-state index in [1.807, 2.05) is 0 Å². The van der Waals surface area contributed by atoms with Crippen molar-refractivity contribution in [1.82, 2.24) is 19.5 Å². The van der Waals surface area contributed by atoms with Crippen molar-refractivity contribution < 1.29 is 151 Å². The Morgan fingerprint density at radius 2 is 1.65 bits per heavy atom. The van der Waals surface area contributed by atoms with Gasteiger partial charge in [-0.25, -0.2) is 9.29 Å². The zero-order chi connectivity index (χ0) is 24.1. The van der Waals surface area contributed by atoms with E-state index >= 15 is 0 Å². The summed E-state index contributed by atoms with van der Waals surface area (Å²) < 4.78 is 40.5. The Balaban J connectivity index is -0.00000231. The number of aliphatic hydroxyl groups excluding tert-OH is 2. The van der Waals surface area contributed by atoms with Crippen molar-refractivity contribution in [3.63, 3.8) is 0 Å². The van der Waals surface area contributed by atoms with Crippen LogP contribution in [0.25, 0.3) is 11.2 Å². The first-order chi connectivity index (χ1) is 14.6. The van der Waals surface area contributed by atoms with Crippen molar-refractivity contribution in [3.8, 4) is 0 Å². The monoisotopic (exact) mass is 570 g/mol. The van der Waals surface area contributed by atoms with Crippen molar-refractivity contribution in [2.75, 3.05) is 12.3 Å². The molecule has 2 aromatic rings. The van der Waals surface area contributed by atoms with E-state index in [1.165, 1.54) is 0 Å². The Kier molecular flexibility index (Phi) is 19.3. The second kappa shape index (κ2) is 16.5. The number of aliphatic hydroxyl groups is 2. The van der Waals surface area contributed by atoms with E-state index in [4.69, 9.17) is 10.5 Å². The van der Waals surface area contributed by atoms with Crippen molar-refractivity contribution in [2.24, 2.45) is 0 Å². The standard InChI is InChI=1S/C10H16N5O13P3S.5Li/c11-10-13-7-4(8(18)14-10)12-2-15(7)9-6(17)5(16)3(26-9)1-25-29(19,20)27-30(21,22)28-31(23,24)32;;;;;/h2-3,5-6,9,16-17H,1H2,(H,19,20)(H,21,22)(H2,23,24,32)(H3,11,13,14,18);;;;;/q;5*+1/p-4. The van der Waals surface area contributed by atoms with Crippen LogP contribution in [-0.2, 0) is 38.8 Å². The fraction of sp³-hybridized carbons (Fsp3) is 0.500. The molecular formula is C10H12Li5N5O13P3S+. The van der Waals surface area contributed by atoms with Crippen LogP contribution in [0.2, 0.25) is 0 Å². The van der Waals surface area contributed by atoms with Crippen LogP contribution in [0.1, 0.15) is 6.23 Å². The minimum atomic E-state index is -5.96. The summed E-state index contributed by atoms with van der Waals surface area (Å²) in [5.41, 5.74) is 4.46. The van der Waals surface area contributed by atoms with Gasteiger partial charge in [0.1, 0.15) is 18.3 Å². The molecule has 2 aromatic heterocycles. The number of ether oxygens (including phenoxy) is 1. The summed E-state index contributed by atoms with van der Waals surface area (Å²) in [6.45, 7) is -6.41. The fourth-order valence-corrected chi connectivity index (χ4v) is 6.27. The Morgan fingerprint density at radius 1 is 1.08 bits per heavy atom. The second-order valence-electron chi connectivity index (χ2n) is 6.12. The predicted octanol–water partition coefficient (Wildman–Crippen LogP) is -19.7. The number of rotatable bonds is 8. The van der Waals surface area contributed by atoms with Crippen molar-refractivity contribution in [2.45, 2.75) is 24.5 Å². The van der Waals surface area contributed by atoms with Gasteiger partial charge in [-0.1, -0.05) is 6.72 Å². The maximum atomic E-state index is 11.8. The maximum absolute atomic E-state index is 11.8. The summed E-state index contributed by atoms with van der Waals surface area (Å²) in [4.78, 5) is 66.0. The minimum Gasteiger partial charge on any atom is -0.812 e. The first kappa shape index (κ1) is 43.3. The van der Waals surface area contributed by atoms with Crippen LogP contribution in [0.15, 0.2) is 11.1 Å². The summed E-state index contributed by atoms with van der Waals surface area (Å²) in [5.74, 6) is -0.285. The van der Waals surface area contributed by atoms with E-state index in [1.54, 1.807) is 0 Å². The molecule has 0 spiro atoms. The van der Waals surface area contributed by atoms with Gasteiger partial charge in [0.05, 0.1) is 12.9 Å². The van der Waals surface area contributed by atoms with Crippen LogP contribution in [0.4, 0.5) is 5.95 Å². The Labute approximate surface area is 273 Å². The maximum Gasteiger partial charge on any atom is 1.00 e. The molecule has 0 saturated carbocycles. The molecule has 0 aliphatic carbocycles. The number of hydrogen-bond acceptors (Lipinski definition) is 17. The molecule has 0 amide bonds. The van der Waals surface area contributed by atoms with Gasteiger partial charge in [-0.15, -0.1) is 11.8 Å². The number of aromatic nitrogens is 4. The number of phosphoric ester groups is 1. The predicted molar refractivity (Wildman–Crippen MR) is 96.1 cm³/mol. The van der Waals surface area contributed by atoms with Gasteiger partial charge < -0.3 is 49.1 Å². The molecule has 18 nitrogen and oxygen atoms in total. The first-order valence-corrected chi connectivity index (χ1v) is 13.5. The number of hydrogen-bond donors (Lipinski definition) is 4. The molecule has 6 unspecified atom stereocenters. The molecule has 0 bridgehead atoms.